The number of nitrogens with zero attached hydrogens (tertiary/aromatic N) is 2. The molecule has 3 rings (SSSR count). The number of hydrogen-bond acceptors (Lipinski definition) is 7. The lowest BCUT2D eigenvalue weighted by molar-refractivity contribution is -0.119. The summed E-state index contributed by atoms with van der Waals surface area (Å²) in [5.74, 6) is 0.795. The molecule has 11 heteroatoms. The molecule has 0 heterocycles. The van der Waals surface area contributed by atoms with E-state index in [1.165, 1.54) is 57.9 Å². The first-order valence-corrected chi connectivity index (χ1v) is 12.1. The summed E-state index contributed by atoms with van der Waals surface area (Å²) in [6.07, 6.45) is 1.37. The fraction of sp³-hybridized carbons (Fsp3) is 0.167. The van der Waals surface area contributed by atoms with Crippen molar-refractivity contribution in [2.45, 2.75) is 4.90 Å². The van der Waals surface area contributed by atoms with E-state index in [1.807, 2.05) is 0 Å². The van der Waals surface area contributed by atoms with Gasteiger partial charge < -0.3 is 14.2 Å². The molecule has 0 atom stereocenters. The number of benzene rings is 3. The van der Waals surface area contributed by atoms with Crippen LogP contribution in [0.15, 0.2) is 76.7 Å². The van der Waals surface area contributed by atoms with Gasteiger partial charge in [0.25, 0.3) is 15.9 Å². The van der Waals surface area contributed by atoms with Gasteiger partial charge in [0.05, 0.1) is 43.1 Å². The van der Waals surface area contributed by atoms with Gasteiger partial charge in [-0.1, -0.05) is 29.8 Å². The molecule has 184 valence electrons. The van der Waals surface area contributed by atoms with Gasteiger partial charge in [-0.2, -0.15) is 5.10 Å². The third-order valence-corrected chi connectivity index (χ3v) is 6.95. The van der Waals surface area contributed by atoms with Crippen LogP contribution in [0, 0.1) is 0 Å². The van der Waals surface area contributed by atoms with E-state index < -0.39 is 22.5 Å². The number of hydrazone groups is 1. The van der Waals surface area contributed by atoms with E-state index >= 15 is 0 Å². The van der Waals surface area contributed by atoms with Crippen molar-refractivity contribution in [3.63, 3.8) is 0 Å². The SMILES string of the molecule is COc1ccc(OC)c(/C=N\NC(=O)CN(c2ccc(OC)c(Cl)c2)S(=O)(=O)c2ccccc2)c1. The molecule has 0 spiro atoms. The van der Waals surface area contributed by atoms with Crippen molar-refractivity contribution in [1.82, 2.24) is 5.43 Å². The van der Waals surface area contributed by atoms with E-state index in [1.54, 1.807) is 36.4 Å². The summed E-state index contributed by atoms with van der Waals surface area (Å²) in [4.78, 5) is 12.8. The van der Waals surface area contributed by atoms with E-state index in [0.29, 0.717) is 22.8 Å². The minimum absolute atomic E-state index is 0.0179. The molecule has 0 saturated carbocycles. The summed E-state index contributed by atoms with van der Waals surface area (Å²) in [5.41, 5.74) is 3.10. The number of methoxy groups -OCH3 is 3. The molecule has 1 amide bonds. The third-order valence-electron chi connectivity index (χ3n) is 4.87. The Morgan fingerprint density at radius 3 is 2.29 bits per heavy atom. The first-order valence-electron chi connectivity index (χ1n) is 10.3. The molecule has 0 unspecified atom stereocenters. The van der Waals surface area contributed by atoms with Gasteiger partial charge in [0.15, 0.2) is 0 Å². The molecule has 3 aromatic rings. The van der Waals surface area contributed by atoms with E-state index in [-0.39, 0.29) is 15.6 Å². The zero-order valence-corrected chi connectivity index (χ0v) is 20.8. The van der Waals surface area contributed by atoms with Gasteiger partial charge in [0.1, 0.15) is 23.8 Å². The Bertz CT molecular complexity index is 1320. The lowest BCUT2D eigenvalue weighted by atomic mass is 10.2. The van der Waals surface area contributed by atoms with Crippen molar-refractivity contribution >= 4 is 39.4 Å². The minimum Gasteiger partial charge on any atom is -0.497 e. The van der Waals surface area contributed by atoms with Crippen LogP contribution in [-0.2, 0) is 14.8 Å². The van der Waals surface area contributed by atoms with Gasteiger partial charge in [-0.05, 0) is 48.5 Å². The minimum atomic E-state index is -4.10. The van der Waals surface area contributed by atoms with E-state index in [0.717, 1.165) is 4.31 Å². The highest BCUT2D eigenvalue weighted by Gasteiger charge is 2.27. The molecule has 0 aliphatic carbocycles. The predicted octanol–water partition coefficient (Wildman–Crippen LogP) is 3.71. The Morgan fingerprint density at radius 1 is 0.971 bits per heavy atom. The molecule has 0 fully saturated rings. The second-order valence-electron chi connectivity index (χ2n) is 7.04. The highest BCUT2D eigenvalue weighted by atomic mass is 35.5. The molecule has 1 N–H and O–H groups in total. The summed E-state index contributed by atoms with van der Waals surface area (Å²) in [6, 6.07) is 17.3. The maximum atomic E-state index is 13.4. The summed E-state index contributed by atoms with van der Waals surface area (Å²) in [5, 5.41) is 4.14. The monoisotopic (exact) mass is 517 g/mol. The third kappa shape index (κ3) is 6.23. The topological polar surface area (TPSA) is 107 Å². The fourth-order valence-electron chi connectivity index (χ4n) is 3.13. The number of nitrogens with one attached hydrogen (secondary N) is 1. The highest BCUT2D eigenvalue weighted by Crippen LogP contribution is 2.31. The maximum absolute atomic E-state index is 13.4. The Balaban J connectivity index is 1.87. The number of halogens is 1. The summed E-state index contributed by atoms with van der Waals surface area (Å²) in [7, 11) is 0.378. The van der Waals surface area contributed by atoms with Gasteiger partial charge in [-0.15, -0.1) is 0 Å². The van der Waals surface area contributed by atoms with Crippen LogP contribution >= 0.6 is 11.6 Å². The molecule has 3 aromatic carbocycles. The molecule has 0 aliphatic heterocycles. The van der Waals surface area contributed by atoms with Gasteiger partial charge in [0.2, 0.25) is 0 Å². The Labute approximate surface area is 208 Å². The molecular weight excluding hydrogens is 494 g/mol. The lowest BCUT2D eigenvalue weighted by Gasteiger charge is -2.24. The number of hydrogen-bond donors (Lipinski definition) is 1. The first-order chi connectivity index (χ1) is 16.8. The average Bonchev–Trinajstić information content (AvgIpc) is 2.87. The Hall–Kier alpha value is -3.76. The van der Waals surface area contributed by atoms with Crippen molar-refractivity contribution in [3.05, 3.63) is 77.3 Å². The van der Waals surface area contributed by atoms with Crippen LogP contribution in [0.4, 0.5) is 5.69 Å². The molecule has 0 saturated heterocycles. The van der Waals surface area contributed by atoms with Gasteiger partial charge in [0, 0.05) is 5.56 Å². The summed E-state index contributed by atoms with van der Waals surface area (Å²) < 4.78 is 43.3. The summed E-state index contributed by atoms with van der Waals surface area (Å²) >= 11 is 6.22. The largest absolute Gasteiger partial charge is 0.497 e. The normalized spacial score (nSPS) is 11.2. The zero-order valence-electron chi connectivity index (χ0n) is 19.3. The number of sulfonamides is 1. The fourth-order valence-corrected chi connectivity index (χ4v) is 4.81. The number of ether oxygens (including phenoxy) is 3. The molecule has 0 radical (unpaired) electrons. The Morgan fingerprint density at radius 2 is 1.66 bits per heavy atom. The standard InChI is InChI=1S/C24H24ClN3O6S/c1-32-19-10-12-22(33-2)17(13-19)15-26-27-24(29)16-28(18-9-11-23(34-3)21(25)14-18)35(30,31)20-7-5-4-6-8-20/h4-15H,16H2,1-3H3,(H,27,29)/b26-15-. The number of anilines is 1. The average molecular weight is 518 g/mol. The molecule has 35 heavy (non-hydrogen) atoms. The van der Waals surface area contributed by atoms with Crippen LogP contribution in [0.5, 0.6) is 17.2 Å². The van der Waals surface area contributed by atoms with Gasteiger partial charge in [-0.3, -0.25) is 9.10 Å². The number of amides is 1. The number of carbonyl (C=O) groups excluding carboxylic acids is 1. The second-order valence-corrected chi connectivity index (χ2v) is 9.31. The van der Waals surface area contributed by atoms with Crippen molar-refractivity contribution in [2.75, 3.05) is 32.2 Å². The van der Waals surface area contributed by atoms with Crippen LogP contribution < -0.4 is 23.9 Å². The van der Waals surface area contributed by atoms with E-state index in [2.05, 4.69) is 10.5 Å². The van der Waals surface area contributed by atoms with E-state index in [4.69, 9.17) is 25.8 Å². The number of rotatable bonds is 10. The molecule has 0 bridgehead atoms. The van der Waals surface area contributed by atoms with Gasteiger partial charge in [-0.25, -0.2) is 13.8 Å². The zero-order chi connectivity index (χ0) is 25.4. The first kappa shape index (κ1) is 25.9. The van der Waals surface area contributed by atoms with Crippen molar-refractivity contribution in [2.24, 2.45) is 5.10 Å². The molecule has 0 aromatic heterocycles. The van der Waals surface area contributed by atoms with Crippen molar-refractivity contribution in [1.29, 1.82) is 0 Å². The molecule has 0 aliphatic rings. The maximum Gasteiger partial charge on any atom is 0.264 e. The highest BCUT2D eigenvalue weighted by molar-refractivity contribution is 7.92. The second kappa shape index (κ2) is 11.6. The number of carbonyl (C=O) groups is 1. The van der Waals surface area contributed by atoms with Crippen LogP contribution in [0.1, 0.15) is 5.56 Å². The van der Waals surface area contributed by atoms with Crippen molar-refractivity contribution in [3.8, 4) is 17.2 Å². The predicted molar refractivity (Wildman–Crippen MR) is 134 cm³/mol. The van der Waals surface area contributed by atoms with E-state index in [9.17, 15) is 13.2 Å². The Kier molecular flexibility index (Phi) is 8.56. The lowest BCUT2D eigenvalue weighted by Crippen LogP contribution is -2.39. The van der Waals surface area contributed by atoms with Gasteiger partial charge >= 0.3 is 0 Å². The summed E-state index contributed by atoms with van der Waals surface area (Å²) in [6.45, 7) is -0.549. The molecular formula is C24H24ClN3O6S. The molecule has 9 nitrogen and oxygen atoms in total. The van der Waals surface area contributed by atoms with Crippen LogP contribution in [0.3, 0.4) is 0 Å². The van der Waals surface area contributed by atoms with Crippen LogP contribution in [0.25, 0.3) is 0 Å². The van der Waals surface area contributed by atoms with Crippen molar-refractivity contribution < 1.29 is 27.4 Å². The quantitative estimate of drug-likeness (QED) is 0.324. The van der Waals surface area contributed by atoms with Crippen LogP contribution in [-0.4, -0.2) is 48.4 Å². The smallest absolute Gasteiger partial charge is 0.264 e. The van der Waals surface area contributed by atoms with Crippen LogP contribution in [0.2, 0.25) is 5.02 Å².